The third-order valence-electron chi connectivity index (χ3n) is 9.16. The smallest absolute Gasteiger partial charge is 0.254 e. The third kappa shape index (κ3) is 5.56. The number of aliphatic hydroxyl groups excluding tert-OH is 1. The molecule has 3 aromatic carbocycles. The van der Waals surface area contributed by atoms with Gasteiger partial charge < -0.3 is 24.4 Å². The average Bonchev–Trinajstić information content (AvgIpc) is 3.31. The van der Waals surface area contributed by atoms with Crippen LogP contribution in [0.25, 0.3) is 22.2 Å². The van der Waals surface area contributed by atoms with Gasteiger partial charge in [0.15, 0.2) is 6.29 Å². The van der Waals surface area contributed by atoms with Gasteiger partial charge >= 0.3 is 0 Å². The summed E-state index contributed by atoms with van der Waals surface area (Å²) in [6.07, 6.45) is 2.09. The van der Waals surface area contributed by atoms with Crippen LogP contribution in [0, 0.1) is 5.82 Å². The lowest BCUT2D eigenvalue weighted by Gasteiger charge is -2.40. The lowest BCUT2D eigenvalue weighted by molar-refractivity contribution is -0.0592. The highest BCUT2D eigenvalue weighted by molar-refractivity contribution is 6.30. The first-order chi connectivity index (χ1) is 20.8. The van der Waals surface area contributed by atoms with Gasteiger partial charge in [-0.25, -0.2) is 9.37 Å². The summed E-state index contributed by atoms with van der Waals surface area (Å²) in [5, 5.41) is 19.8. The maximum atomic E-state index is 14.6. The molecule has 0 aliphatic carbocycles. The quantitative estimate of drug-likeness (QED) is 0.291. The molecule has 8 nitrogen and oxygen atoms in total. The van der Waals surface area contributed by atoms with Gasteiger partial charge in [-0.3, -0.25) is 9.69 Å². The van der Waals surface area contributed by atoms with Crippen LogP contribution in [0.3, 0.4) is 0 Å². The molecule has 10 heteroatoms. The molecular formula is C33H34ClFN4O4. The number of ether oxygens (including phenoxy) is 1. The lowest BCUT2D eigenvalue weighted by Crippen LogP contribution is -2.49. The number of benzene rings is 3. The van der Waals surface area contributed by atoms with Gasteiger partial charge in [0.05, 0.1) is 30.2 Å². The zero-order chi connectivity index (χ0) is 29.7. The van der Waals surface area contributed by atoms with Gasteiger partial charge in [-0.2, -0.15) is 0 Å². The van der Waals surface area contributed by atoms with Crippen molar-refractivity contribution < 1.29 is 24.1 Å². The third-order valence-corrected chi connectivity index (χ3v) is 9.39. The number of carbonyl (C=O) groups excluding carboxylic acids is 1. The van der Waals surface area contributed by atoms with E-state index in [1.807, 2.05) is 29.2 Å². The summed E-state index contributed by atoms with van der Waals surface area (Å²) in [5.74, 6) is 0.540. The van der Waals surface area contributed by atoms with E-state index >= 15 is 0 Å². The van der Waals surface area contributed by atoms with Gasteiger partial charge in [-0.05, 0) is 73.2 Å². The normalized spacial score (nSPS) is 19.7. The number of amides is 1. The minimum absolute atomic E-state index is 0.0140. The molecule has 224 valence electrons. The van der Waals surface area contributed by atoms with E-state index in [0.717, 1.165) is 67.8 Å². The van der Waals surface area contributed by atoms with E-state index in [0.29, 0.717) is 46.9 Å². The largest absolute Gasteiger partial charge is 0.376 e. The molecule has 2 fully saturated rings. The highest BCUT2D eigenvalue weighted by atomic mass is 35.5. The minimum Gasteiger partial charge on any atom is -0.376 e. The number of piperidine rings is 1. The summed E-state index contributed by atoms with van der Waals surface area (Å²) >= 11 is 5.94. The maximum Gasteiger partial charge on any atom is 0.254 e. The number of hydrogen-bond acceptors (Lipinski definition) is 6. The first-order valence-corrected chi connectivity index (χ1v) is 15.3. The molecular weight excluding hydrogens is 571 g/mol. The van der Waals surface area contributed by atoms with Crippen LogP contribution in [0.1, 0.15) is 52.9 Å². The van der Waals surface area contributed by atoms with Crippen molar-refractivity contribution in [3.8, 4) is 11.1 Å². The molecule has 0 radical (unpaired) electrons. The number of likely N-dealkylation sites (tertiary alicyclic amines) is 1. The number of aromatic nitrogens is 2. The Bertz CT molecular complexity index is 1680. The number of halogens is 2. The van der Waals surface area contributed by atoms with Crippen molar-refractivity contribution in [2.24, 2.45) is 0 Å². The Morgan fingerprint density at radius 3 is 2.53 bits per heavy atom. The number of nitrogens with zero attached hydrogens (tertiary/aromatic N) is 4. The van der Waals surface area contributed by atoms with Crippen LogP contribution in [-0.2, 0) is 24.2 Å². The molecule has 0 unspecified atom stereocenters. The zero-order valence-corrected chi connectivity index (χ0v) is 24.5. The highest BCUT2D eigenvalue weighted by Gasteiger charge is 2.33. The number of imidazole rings is 1. The molecule has 43 heavy (non-hydrogen) atoms. The Labute approximate surface area is 254 Å². The predicted molar refractivity (Wildman–Crippen MR) is 161 cm³/mol. The Morgan fingerprint density at radius 2 is 1.81 bits per heavy atom. The van der Waals surface area contributed by atoms with E-state index in [1.54, 1.807) is 24.3 Å². The Balaban J connectivity index is 1.05. The van der Waals surface area contributed by atoms with Crippen LogP contribution < -0.4 is 0 Å². The van der Waals surface area contributed by atoms with Crippen molar-refractivity contribution >= 4 is 28.5 Å². The van der Waals surface area contributed by atoms with Crippen molar-refractivity contribution in [1.82, 2.24) is 19.4 Å². The first-order valence-electron chi connectivity index (χ1n) is 14.9. The summed E-state index contributed by atoms with van der Waals surface area (Å²) in [6, 6.07) is 15.7. The van der Waals surface area contributed by atoms with Crippen LogP contribution in [0.2, 0.25) is 5.02 Å². The SMILES string of the molecule is O=C1c2cc(-c3ccc(Cl)cc3F)ccc2CCN1C1CCN(Cc2nc3ccc(C(O)O)cc3n2C[C@@H]2CCO2)CC1. The second kappa shape index (κ2) is 11.6. The molecule has 0 spiro atoms. The minimum atomic E-state index is -1.54. The molecule has 2 N–H and O–H groups in total. The van der Waals surface area contributed by atoms with Gasteiger partial charge in [0.1, 0.15) is 11.6 Å². The molecule has 0 bridgehead atoms. The van der Waals surface area contributed by atoms with Crippen LogP contribution in [-0.4, -0.2) is 73.9 Å². The summed E-state index contributed by atoms with van der Waals surface area (Å²) in [5.41, 5.74) is 4.90. The molecule has 4 heterocycles. The molecule has 4 aromatic rings. The number of rotatable bonds is 7. The van der Waals surface area contributed by atoms with E-state index in [-0.39, 0.29) is 18.1 Å². The second-order valence-corrected chi connectivity index (χ2v) is 12.2. The van der Waals surface area contributed by atoms with Crippen molar-refractivity contribution in [2.45, 2.75) is 57.2 Å². The van der Waals surface area contributed by atoms with Gasteiger partial charge in [0.2, 0.25) is 0 Å². The molecule has 1 aromatic heterocycles. The van der Waals surface area contributed by atoms with Gasteiger partial charge in [-0.1, -0.05) is 29.8 Å². The van der Waals surface area contributed by atoms with Crippen LogP contribution in [0.5, 0.6) is 0 Å². The van der Waals surface area contributed by atoms with Gasteiger partial charge in [0, 0.05) is 54.0 Å². The van der Waals surface area contributed by atoms with E-state index < -0.39 is 12.1 Å². The lowest BCUT2D eigenvalue weighted by atomic mass is 9.92. The number of fused-ring (bicyclic) bond motifs is 2. The average molecular weight is 605 g/mol. The van der Waals surface area contributed by atoms with Crippen molar-refractivity contribution in [2.75, 3.05) is 26.2 Å². The monoisotopic (exact) mass is 604 g/mol. The molecule has 0 saturated carbocycles. The fourth-order valence-corrected chi connectivity index (χ4v) is 6.78. The van der Waals surface area contributed by atoms with Crippen molar-refractivity contribution in [3.05, 3.63) is 88.0 Å². The van der Waals surface area contributed by atoms with Crippen molar-refractivity contribution in [1.29, 1.82) is 0 Å². The highest BCUT2D eigenvalue weighted by Crippen LogP contribution is 2.32. The second-order valence-electron chi connectivity index (χ2n) is 11.8. The Hall–Kier alpha value is -3.34. The fourth-order valence-electron chi connectivity index (χ4n) is 6.63. The van der Waals surface area contributed by atoms with Gasteiger partial charge in [-0.15, -0.1) is 0 Å². The van der Waals surface area contributed by atoms with E-state index in [4.69, 9.17) is 21.3 Å². The summed E-state index contributed by atoms with van der Waals surface area (Å²) in [4.78, 5) is 23.0. The van der Waals surface area contributed by atoms with E-state index in [1.165, 1.54) is 6.07 Å². The first kappa shape index (κ1) is 28.4. The Morgan fingerprint density at radius 1 is 1.00 bits per heavy atom. The molecule has 2 saturated heterocycles. The molecule has 1 atom stereocenters. The topological polar surface area (TPSA) is 91.1 Å². The van der Waals surface area contributed by atoms with Crippen LogP contribution in [0.15, 0.2) is 54.6 Å². The summed E-state index contributed by atoms with van der Waals surface area (Å²) < 4.78 is 22.5. The maximum absolute atomic E-state index is 14.6. The summed E-state index contributed by atoms with van der Waals surface area (Å²) in [7, 11) is 0. The van der Waals surface area contributed by atoms with Crippen molar-refractivity contribution in [3.63, 3.8) is 0 Å². The standard InChI is InChI=1S/C33H34ClFN4O4/c34-23-4-5-26(28(35)17-23)21-2-1-20-7-13-38(32(40)27(20)15-21)24-8-11-37(12-9-24)19-31-36-29-6-3-22(33(41)42)16-30(29)39(31)18-25-10-14-43-25/h1-6,15-17,24-25,33,41-42H,7-14,18-19H2/t25-/m0/s1. The number of aliphatic hydroxyl groups is 2. The molecule has 3 aliphatic heterocycles. The predicted octanol–water partition coefficient (Wildman–Crippen LogP) is 4.93. The Kier molecular flexibility index (Phi) is 7.69. The fraction of sp³-hybridized carbons (Fsp3) is 0.394. The molecule has 3 aliphatic rings. The van der Waals surface area contributed by atoms with E-state index in [9.17, 15) is 19.4 Å². The molecule has 7 rings (SSSR count). The number of hydrogen-bond donors (Lipinski definition) is 2. The van der Waals surface area contributed by atoms with E-state index in [2.05, 4.69) is 9.47 Å². The van der Waals surface area contributed by atoms with Crippen LogP contribution in [0.4, 0.5) is 4.39 Å². The number of carbonyl (C=O) groups is 1. The summed E-state index contributed by atoms with van der Waals surface area (Å²) in [6.45, 7) is 4.46. The zero-order valence-electron chi connectivity index (χ0n) is 23.8. The van der Waals surface area contributed by atoms with Gasteiger partial charge in [0.25, 0.3) is 5.91 Å². The molecule has 1 amide bonds. The van der Waals surface area contributed by atoms with Crippen LogP contribution >= 0.6 is 11.6 Å².